The van der Waals surface area contributed by atoms with Crippen LogP contribution >= 0.6 is 0 Å². The van der Waals surface area contributed by atoms with Crippen LogP contribution in [0.2, 0.25) is 0 Å². The van der Waals surface area contributed by atoms with Crippen LogP contribution in [0, 0.1) is 0 Å². The molecule has 3 heteroatoms. The molecule has 8 rings (SSSR count). The molecule has 59 heavy (non-hydrogen) atoms. The third-order valence-electron chi connectivity index (χ3n) is 10.6. The lowest BCUT2D eigenvalue weighted by Crippen LogP contribution is -2.28. The minimum Gasteiger partial charge on any atom is -0.311 e. The molecular weight excluding hydrogens is 720 g/mol. The first-order valence-corrected chi connectivity index (χ1v) is 19.9. The Labute approximate surface area is 346 Å². The van der Waals surface area contributed by atoms with Crippen molar-refractivity contribution in [3.05, 3.63) is 247 Å². The van der Waals surface area contributed by atoms with Crippen LogP contribution in [0.25, 0.3) is 62.1 Å². The lowest BCUT2D eigenvalue weighted by Gasteiger charge is -2.27. The number of benzene rings is 7. The largest absolute Gasteiger partial charge is 0.311 e. The molecule has 0 aliphatic carbocycles. The number of nitrogens with zero attached hydrogens (tertiary/aromatic N) is 2. The van der Waals surface area contributed by atoms with E-state index in [2.05, 4.69) is 205 Å². The Morgan fingerprint density at radius 1 is 0.610 bits per heavy atom. The Balaban J connectivity index is 1.18. The van der Waals surface area contributed by atoms with Gasteiger partial charge in [-0.3, -0.25) is 0 Å². The molecule has 1 heterocycles. The van der Waals surface area contributed by atoms with E-state index in [9.17, 15) is 4.39 Å². The molecule has 0 saturated carbocycles. The van der Waals surface area contributed by atoms with Gasteiger partial charge < -0.3 is 9.47 Å². The van der Waals surface area contributed by atoms with Crippen LogP contribution in [0.3, 0.4) is 0 Å². The summed E-state index contributed by atoms with van der Waals surface area (Å²) in [6.07, 6.45) is 12.1. The maximum atomic E-state index is 14.1. The molecule has 0 N–H and O–H groups in total. The average Bonchev–Trinajstić information content (AvgIpc) is 3.60. The monoisotopic (exact) mass is 764 g/mol. The Morgan fingerprint density at radius 3 is 1.93 bits per heavy atom. The number of hydrogen-bond donors (Lipinski definition) is 0. The Bertz CT molecular complexity index is 2940. The normalized spacial score (nSPS) is 12.3. The van der Waals surface area contributed by atoms with Gasteiger partial charge in [-0.1, -0.05) is 165 Å². The van der Waals surface area contributed by atoms with E-state index >= 15 is 0 Å². The van der Waals surface area contributed by atoms with E-state index in [1.165, 1.54) is 33.7 Å². The number of rotatable bonds is 12. The highest BCUT2D eigenvalue weighted by Crippen LogP contribution is 2.37. The zero-order valence-corrected chi connectivity index (χ0v) is 33.2. The summed E-state index contributed by atoms with van der Waals surface area (Å²) < 4.78 is 16.4. The van der Waals surface area contributed by atoms with Gasteiger partial charge in [0.1, 0.15) is 5.83 Å². The van der Waals surface area contributed by atoms with Crippen molar-refractivity contribution in [2.24, 2.45) is 0 Å². The third-order valence-corrected chi connectivity index (χ3v) is 10.6. The molecule has 0 bridgehead atoms. The molecule has 0 aliphatic heterocycles. The molecular formula is C56H45FN2. The fourth-order valence-corrected chi connectivity index (χ4v) is 7.85. The first-order valence-electron chi connectivity index (χ1n) is 19.9. The fourth-order valence-electron chi connectivity index (χ4n) is 7.85. The molecule has 0 unspecified atom stereocenters. The highest BCUT2D eigenvalue weighted by atomic mass is 19.1. The maximum absolute atomic E-state index is 14.1. The molecule has 0 radical (unpaired) electrons. The second-order valence-corrected chi connectivity index (χ2v) is 14.3. The van der Waals surface area contributed by atoms with Crippen LogP contribution in [-0.2, 0) is 6.42 Å². The molecule has 0 fully saturated rings. The number of allylic oxidation sites excluding steroid dienone is 5. The molecule has 0 atom stereocenters. The van der Waals surface area contributed by atoms with Gasteiger partial charge in [0.05, 0.1) is 10.9 Å². The van der Waals surface area contributed by atoms with Gasteiger partial charge >= 0.3 is 0 Å². The minimum absolute atomic E-state index is 0.502. The van der Waals surface area contributed by atoms with Crippen LogP contribution in [0.5, 0.6) is 0 Å². The van der Waals surface area contributed by atoms with Gasteiger partial charge in [-0.25, -0.2) is 4.39 Å². The summed E-state index contributed by atoms with van der Waals surface area (Å²) in [5.74, 6) is -0.502. The van der Waals surface area contributed by atoms with Crippen LogP contribution < -0.4 is 15.5 Å². The molecule has 1 aromatic heterocycles. The van der Waals surface area contributed by atoms with E-state index in [-0.39, 0.29) is 0 Å². The summed E-state index contributed by atoms with van der Waals surface area (Å²) in [4.78, 5) is 2.17. The third kappa shape index (κ3) is 8.32. The van der Waals surface area contributed by atoms with Crippen molar-refractivity contribution in [2.45, 2.75) is 13.3 Å². The van der Waals surface area contributed by atoms with Gasteiger partial charge in [-0.05, 0) is 119 Å². The summed E-state index contributed by atoms with van der Waals surface area (Å²) in [5, 5.41) is 3.43. The van der Waals surface area contributed by atoms with E-state index in [4.69, 9.17) is 0 Å². The summed E-state index contributed by atoms with van der Waals surface area (Å²) in [7, 11) is 0. The van der Waals surface area contributed by atoms with Gasteiger partial charge in [0.2, 0.25) is 0 Å². The highest BCUT2D eigenvalue weighted by molar-refractivity contribution is 5.88. The van der Waals surface area contributed by atoms with Gasteiger partial charge in [0, 0.05) is 33.4 Å². The summed E-state index contributed by atoms with van der Waals surface area (Å²) in [6.45, 7) is 9.51. The smallest absolute Gasteiger partial charge is 0.116 e. The van der Waals surface area contributed by atoms with Crippen molar-refractivity contribution < 1.29 is 4.39 Å². The number of aromatic nitrogens is 1. The highest BCUT2D eigenvalue weighted by Gasteiger charge is 2.16. The Hall–Kier alpha value is -7.49. The average molecular weight is 765 g/mol. The van der Waals surface area contributed by atoms with E-state index in [1.807, 2.05) is 31.2 Å². The Kier molecular flexibility index (Phi) is 11.6. The second kappa shape index (κ2) is 17.8. The quantitative estimate of drug-likeness (QED) is 0.113. The van der Waals surface area contributed by atoms with Crippen LogP contribution in [0.4, 0.5) is 15.8 Å². The van der Waals surface area contributed by atoms with Gasteiger partial charge in [0.15, 0.2) is 0 Å². The van der Waals surface area contributed by atoms with E-state index in [0.717, 1.165) is 55.5 Å². The van der Waals surface area contributed by atoms with E-state index in [0.29, 0.717) is 6.42 Å². The number of anilines is 2. The number of fused-ring (bicyclic) bond motifs is 1. The fraction of sp³-hybridized carbons (Fsp3) is 0.0357. The van der Waals surface area contributed by atoms with Crippen molar-refractivity contribution in [1.29, 1.82) is 0 Å². The van der Waals surface area contributed by atoms with Crippen molar-refractivity contribution in [3.63, 3.8) is 0 Å². The lowest BCUT2D eigenvalue weighted by atomic mass is 9.91. The predicted octanol–water partition coefficient (Wildman–Crippen LogP) is 13.7. The molecule has 0 amide bonds. The molecule has 0 aliphatic rings. The first kappa shape index (κ1) is 38.4. The van der Waals surface area contributed by atoms with E-state index in [1.54, 1.807) is 6.08 Å². The number of hydrogen-bond acceptors (Lipinski definition) is 1. The van der Waals surface area contributed by atoms with Gasteiger partial charge in [0.25, 0.3) is 0 Å². The maximum Gasteiger partial charge on any atom is 0.116 e. The summed E-state index contributed by atoms with van der Waals surface area (Å²) in [6, 6.07) is 63.9. The van der Waals surface area contributed by atoms with Crippen molar-refractivity contribution >= 4 is 34.4 Å². The van der Waals surface area contributed by atoms with E-state index < -0.39 is 5.83 Å². The SMILES string of the molecule is C=C/C=c1\c(=C/Cc2cccc(N(C(/C=C\C(=C)F)=C/C)c3ccc(-c4ccc(-c5ccccc5)c(-c5ccccc5)c4)cc3)c2)c2ccccc2n1-c1ccccc1. The van der Waals surface area contributed by atoms with Gasteiger partial charge in [-0.2, -0.15) is 0 Å². The molecule has 7 aromatic carbocycles. The molecule has 8 aromatic rings. The zero-order chi connectivity index (χ0) is 40.6. The summed E-state index contributed by atoms with van der Waals surface area (Å²) in [5.41, 5.74) is 13.1. The predicted molar refractivity (Wildman–Crippen MR) is 250 cm³/mol. The standard InChI is InChI=1S/C56H45FN2/c1-4-18-55-53(52-27-15-16-28-56(52)59(55)48-24-13-8-14-25-48)37-30-42-19-17-26-50(39-42)58(47(5-2)34-29-41(3)57)49-35-31-43(32-36-49)46-33-38-51(44-20-9-6-10-21-44)54(40-46)45-22-11-7-12-23-45/h4-29,31-40H,1,3,30H2,2H3/b34-29-,47-5+,53-37-,55-18+. The number of para-hydroxylation sites is 2. The molecule has 2 nitrogen and oxygen atoms in total. The van der Waals surface area contributed by atoms with Crippen molar-refractivity contribution in [1.82, 2.24) is 4.57 Å². The van der Waals surface area contributed by atoms with Gasteiger partial charge in [-0.15, -0.1) is 0 Å². The molecule has 0 saturated heterocycles. The minimum atomic E-state index is -0.502. The van der Waals surface area contributed by atoms with Crippen LogP contribution in [-0.4, -0.2) is 4.57 Å². The van der Waals surface area contributed by atoms with Crippen molar-refractivity contribution in [2.75, 3.05) is 4.90 Å². The molecule has 0 spiro atoms. The van der Waals surface area contributed by atoms with Crippen molar-refractivity contribution in [3.8, 4) is 39.1 Å². The number of halogens is 1. The molecule has 286 valence electrons. The Morgan fingerprint density at radius 2 is 1.25 bits per heavy atom. The summed E-state index contributed by atoms with van der Waals surface area (Å²) >= 11 is 0. The van der Waals surface area contributed by atoms with Crippen LogP contribution in [0.15, 0.2) is 231 Å². The lowest BCUT2D eigenvalue weighted by molar-refractivity contribution is 0.671. The second-order valence-electron chi connectivity index (χ2n) is 14.3. The zero-order valence-electron chi connectivity index (χ0n) is 33.2. The van der Waals surface area contributed by atoms with Crippen LogP contribution in [0.1, 0.15) is 12.5 Å². The first-order chi connectivity index (χ1) is 29.0. The topological polar surface area (TPSA) is 8.17 Å².